The Morgan fingerprint density at radius 1 is 1.16 bits per heavy atom. The van der Waals surface area contributed by atoms with Crippen molar-refractivity contribution in [2.45, 2.75) is 13.1 Å². The highest BCUT2D eigenvalue weighted by Gasteiger charge is 2.31. The number of rotatable bonds is 5. The number of aryl methyl sites for hydroxylation is 1. The maximum Gasteiger partial charge on any atom is 0.439 e. The van der Waals surface area contributed by atoms with Crippen molar-refractivity contribution in [3.63, 3.8) is 0 Å². The number of hydrogen-bond acceptors (Lipinski definition) is 7. The zero-order valence-electron chi connectivity index (χ0n) is 16.3. The van der Waals surface area contributed by atoms with Crippen LogP contribution in [0.1, 0.15) is 11.1 Å². The molecule has 160 valence electrons. The molecule has 2 aromatic heterocycles. The summed E-state index contributed by atoms with van der Waals surface area (Å²) in [5.74, 6) is -0.194. The van der Waals surface area contributed by atoms with Crippen molar-refractivity contribution in [2.24, 2.45) is 0 Å². The van der Waals surface area contributed by atoms with Crippen LogP contribution in [0.5, 0.6) is 5.75 Å². The molecular formula is C20H16F3N5O3. The summed E-state index contributed by atoms with van der Waals surface area (Å²) < 4.78 is 50.7. The fourth-order valence-corrected chi connectivity index (χ4v) is 2.90. The molecule has 4 rings (SSSR count). The molecule has 0 bridgehead atoms. The molecule has 11 heteroatoms. The van der Waals surface area contributed by atoms with Crippen molar-refractivity contribution < 1.29 is 22.3 Å². The van der Waals surface area contributed by atoms with Gasteiger partial charge in [-0.05, 0) is 37.3 Å². The molecule has 2 N–H and O–H groups in total. The first-order valence-corrected chi connectivity index (χ1v) is 9.00. The molecule has 0 amide bonds. The van der Waals surface area contributed by atoms with Gasteiger partial charge in [0.15, 0.2) is 11.4 Å². The quantitative estimate of drug-likeness (QED) is 0.486. The van der Waals surface area contributed by atoms with Crippen LogP contribution in [0.25, 0.3) is 11.1 Å². The van der Waals surface area contributed by atoms with Gasteiger partial charge in [-0.1, -0.05) is 12.1 Å². The lowest BCUT2D eigenvalue weighted by Crippen LogP contribution is -2.23. The number of anilines is 3. The molecule has 8 nitrogen and oxygen atoms in total. The Morgan fingerprint density at radius 2 is 1.94 bits per heavy atom. The van der Waals surface area contributed by atoms with E-state index in [1.807, 2.05) is 0 Å². The van der Waals surface area contributed by atoms with Gasteiger partial charge < -0.3 is 14.5 Å². The van der Waals surface area contributed by atoms with E-state index in [9.17, 15) is 18.0 Å². The molecule has 0 atom stereocenters. The Bertz CT molecular complexity index is 1310. The number of methoxy groups -OCH3 is 1. The van der Waals surface area contributed by atoms with Crippen molar-refractivity contribution >= 4 is 28.6 Å². The van der Waals surface area contributed by atoms with E-state index in [2.05, 4.69) is 20.7 Å². The largest absolute Gasteiger partial charge is 0.495 e. The zero-order chi connectivity index (χ0) is 22.2. The number of alkyl halides is 3. The van der Waals surface area contributed by atoms with E-state index in [0.717, 1.165) is 12.1 Å². The van der Waals surface area contributed by atoms with Crippen molar-refractivity contribution in [1.29, 1.82) is 0 Å². The molecule has 0 aliphatic carbocycles. The Hall–Kier alpha value is -4.02. The van der Waals surface area contributed by atoms with Crippen LogP contribution in [0, 0.1) is 6.92 Å². The summed E-state index contributed by atoms with van der Waals surface area (Å²) in [6.45, 7) is 1.71. The van der Waals surface area contributed by atoms with E-state index in [-0.39, 0.29) is 23.2 Å². The van der Waals surface area contributed by atoms with Crippen LogP contribution < -0.4 is 21.2 Å². The number of nitrogens with zero attached hydrogens (tertiary/aromatic N) is 3. The molecular weight excluding hydrogens is 415 g/mol. The average Bonchev–Trinajstić information content (AvgIpc) is 3.05. The lowest BCUT2D eigenvalue weighted by atomic mass is 10.2. The van der Waals surface area contributed by atoms with Gasteiger partial charge >= 0.3 is 11.9 Å². The number of benzene rings is 2. The Kier molecular flexibility index (Phi) is 5.01. The van der Waals surface area contributed by atoms with Crippen molar-refractivity contribution in [2.75, 3.05) is 17.9 Å². The molecule has 0 fully saturated rings. The van der Waals surface area contributed by atoms with E-state index in [1.54, 1.807) is 31.2 Å². The number of ether oxygens (including phenoxy) is 1. The highest BCUT2D eigenvalue weighted by Crippen LogP contribution is 2.35. The fourth-order valence-electron chi connectivity index (χ4n) is 2.90. The smallest absolute Gasteiger partial charge is 0.439 e. The number of nitrogens with one attached hydrogen (secondary N) is 2. The van der Waals surface area contributed by atoms with E-state index in [4.69, 9.17) is 9.15 Å². The number of para-hydroxylation sites is 2. The molecule has 0 radical (unpaired) electrons. The van der Waals surface area contributed by atoms with Gasteiger partial charge in [-0.25, -0.2) is 9.78 Å². The second-order valence-corrected chi connectivity index (χ2v) is 6.55. The Labute approximate surface area is 173 Å². The van der Waals surface area contributed by atoms with Gasteiger partial charge in [-0.3, -0.25) is 5.43 Å². The maximum absolute atomic E-state index is 13.1. The molecule has 0 spiro atoms. The van der Waals surface area contributed by atoms with Crippen LogP contribution >= 0.6 is 0 Å². The molecule has 0 aliphatic heterocycles. The number of fused-ring (bicyclic) bond motifs is 1. The van der Waals surface area contributed by atoms with Gasteiger partial charge in [0.25, 0.3) is 0 Å². The summed E-state index contributed by atoms with van der Waals surface area (Å²) >= 11 is 0. The average molecular weight is 431 g/mol. The molecule has 31 heavy (non-hydrogen) atoms. The summed E-state index contributed by atoms with van der Waals surface area (Å²) in [4.78, 5) is 20.6. The predicted molar refractivity (Wildman–Crippen MR) is 108 cm³/mol. The maximum atomic E-state index is 13.1. The minimum Gasteiger partial charge on any atom is -0.495 e. The second-order valence-electron chi connectivity index (χ2n) is 6.55. The Morgan fingerprint density at radius 3 is 2.68 bits per heavy atom. The highest BCUT2D eigenvalue weighted by molar-refractivity contribution is 5.73. The van der Waals surface area contributed by atoms with Gasteiger partial charge in [-0.15, -0.1) is 0 Å². The van der Waals surface area contributed by atoms with Gasteiger partial charge in [0, 0.05) is 11.8 Å². The number of halogens is 3. The normalized spacial score (nSPS) is 11.5. The molecule has 0 saturated carbocycles. The van der Waals surface area contributed by atoms with Crippen LogP contribution in [0.3, 0.4) is 0 Å². The summed E-state index contributed by atoms with van der Waals surface area (Å²) in [7, 11) is 1.34. The highest BCUT2D eigenvalue weighted by atomic mass is 19.4. The third-order valence-electron chi connectivity index (χ3n) is 4.45. The van der Waals surface area contributed by atoms with Crippen molar-refractivity contribution in [3.8, 4) is 5.75 Å². The summed E-state index contributed by atoms with van der Waals surface area (Å²) in [5, 5.41) is 2.74. The Balaban J connectivity index is 1.69. The van der Waals surface area contributed by atoms with Crippen LogP contribution in [0.4, 0.5) is 30.6 Å². The monoisotopic (exact) mass is 431 g/mol. The molecule has 0 unspecified atom stereocenters. The summed E-state index contributed by atoms with van der Waals surface area (Å²) in [6.07, 6.45) is -3.06. The number of oxazole rings is 1. The zero-order valence-corrected chi connectivity index (χ0v) is 16.3. The lowest BCUT2D eigenvalue weighted by Gasteiger charge is -2.15. The van der Waals surface area contributed by atoms with Crippen LogP contribution in [0.2, 0.25) is 0 Å². The third kappa shape index (κ3) is 4.02. The second kappa shape index (κ2) is 7.67. The summed E-state index contributed by atoms with van der Waals surface area (Å²) in [5.41, 5.74) is 3.54. The van der Waals surface area contributed by atoms with Gasteiger partial charge in [-0.2, -0.15) is 22.8 Å². The standard InChI is InChI=1S/C20H16F3N5O3/c1-11-10-24-18(25-13-9-12(20(21,22)23)7-8-15(13)30-2)26-17(11)27-28-14-5-3-4-6-16(14)31-19(28)29/h3-10H,1-2H3,(H2,24,25,26,27). The SMILES string of the molecule is COc1ccc(C(F)(F)F)cc1Nc1ncc(C)c(Nn2c(=O)oc3ccccc32)n1. The molecule has 2 heterocycles. The first-order chi connectivity index (χ1) is 14.8. The van der Waals surface area contributed by atoms with Gasteiger partial charge in [0.2, 0.25) is 5.95 Å². The molecule has 2 aromatic carbocycles. The minimum atomic E-state index is -4.52. The van der Waals surface area contributed by atoms with E-state index in [1.165, 1.54) is 24.0 Å². The topological polar surface area (TPSA) is 94.2 Å². The summed E-state index contributed by atoms with van der Waals surface area (Å²) in [6, 6.07) is 9.85. The minimum absolute atomic E-state index is 0.00609. The van der Waals surface area contributed by atoms with Crippen LogP contribution in [-0.4, -0.2) is 21.8 Å². The molecule has 0 aliphatic rings. The lowest BCUT2D eigenvalue weighted by molar-refractivity contribution is -0.137. The van der Waals surface area contributed by atoms with Gasteiger partial charge in [0.1, 0.15) is 11.3 Å². The third-order valence-corrected chi connectivity index (χ3v) is 4.45. The van der Waals surface area contributed by atoms with Crippen LogP contribution in [-0.2, 0) is 6.18 Å². The number of aromatic nitrogens is 3. The van der Waals surface area contributed by atoms with E-state index in [0.29, 0.717) is 16.7 Å². The van der Waals surface area contributed by atoms with Crippen LogP contribution in [0.15, 0.2) is 57.9 Å². The van der Waals surface area contributed by atoms with Crippen molar-refractivity contribution in [3.05, 3.63) is 70.3 Å². The van der Waals surface area contributed by atoms with Gasteiger partial charge in [0.05, 0.1) is 18.4 Å². The van der Waals surface area contributed by atoms with E-state index < -0.39 is 17.5 Å². The molecule has 0 saturated heterocycles. The van der Waals surface area contributed by atoms with Crippen molar-refractivity contribution in [1.82, 2.24) is 14.6 Å². The predicted octanol–water partition coefficient (Wildman–Crippen LogP) is 4.34. The first kappa shape index (κ1) is 20.3. The first-order valence-electron chi connectivity index (χ1n) is 9.00. The fraction of sp³-hybridized carbons (Fsp3) is 0.150. The molecule has 4 aromatic rings. The van der Waals surface area contributed by atoms with E-state index >= 15 is 0 Å². The number of hydrogen-bond donors (Lipinski definition) is 2.